The predicted octanol–water partition coefficient (Wildman–Crippen LogP) is 2.68. The molecule has 3 rings (SSSR count). The zero-order valence-corrected chi connectivity index (χ0v) is 13.4. The minimum Gasteiger partial charge on any atom is -0.473 e. The molecule has 1 heterocycles. The number of amides is 2. The van der Waals surface area contributed by atoms with Crippen LogP contribution in [0.1, 0.15) is 0 Å². The summed E-state index contributed by atoms with van der Waals surface area (Å²) in [6, 6.07) is 16.8. The molecule has 0 atom stereocenters. The summed E-state index contributed by atoms with van der Waals surface area (Å²) < 4.78 is 10.8. The van der Waals surface area contributed by atoms with Crippen molar-refractivity contribution in [1.29, 1.82) is 0 Å². The van der Waals surface area contributed by atoms with Crippen molar-refractivity contribution < 1.29 is 14.3 Å². The molecule has 0 unspecified atom stereocenters. The maximum atomic E-state index is 12.1. The number of para-hydroxylation sites is 3. The Bertz CT molecular complexity index is 658. The lowest BCUT2D eigenvalue weighted by molar-refractivity contribution is 0.123. The molecule has 1 saturated heterocycles. The van der Waals surface area contributed by atoms with E-state index in [1.807, 2.05) is 54.6 Å². The fraction of sp³-hybridized carbons (Fsp3) is 0.278. The monoisotopic (exact) mass is 327 g/mol. The molecule has 1 aliphatic heterocycles. The molecule has 24 heavy (non-hydrogen) atoms. The molecule has 1 fully saturated rings. The van der Waals surface area contributed by atoms with Crippen molar-refractivity contribution in [3.8, 4) is 5.75 Å². The third-order valence-corrected chi connectivity index (χ3v) is 3.72. The van der Waals surface area contributed by atoms with E-state index in [0.717, 1.165) is 24.5 Å². The zero-order valence-electron chi connectivity index (χ0n) is 13.4. The zero-order chi connectivity index (χ0) is 16.6. The highest BCUT2D eigenvalue weighted by atomic mass is 16.5. The first kappa shape index (κ1) is 16.1. The van der Waals surface area contributed by atoms with E-state index in [-0.39, 0.29) is 12.8 Å². The Kier molecular flexibility index (Phi) is 5.52. The number of morpholine rings is 1. The predicted molar refractivity (Wildman–Crippen MR) is 93.6 cm³/mol. The van der Waals surface area contributed by atoms with Crippen LogP contribution in [0.25, 0.3) is 0 Å². The van der Waals surface area contributed by atoms with Gasteiger partial charge in [-0.05, 0) is 24.3 Å². The third kappa shape index (κ3) is 4.39. The van der Waals surface area contributed by atoms with E-state index in [1.54, 1.807) is 0 Å². The van der Waals surface area contributed by atoms with Crippen molar-refractivity contribution in [3.05, 3.63) is 54.6 Å². The fourth-order valence-corrected chi connectivity index (χ4v) is 2.53. The molecule has 0 bridgehead atoms. The van der Waals surface area contributed by atoms with Gasteiger partial charge >= 0.3 is 6.03 Å². The molecule has 2 amide bonds. The summed E-state index contributed by atoms with van der Waals surface area (Å²) in [6.45, 7) is 3.14. The largest absolute Gasteiger partial charge is 0.473 e. The number of anilines is 2. The van der Waals surface area contributed by atoms with Gasteiger partial charge in [-0.3, -0.25) is 0 Å². The van der Waals surface area contributed by atoms with Gasteiger partial charge in [-0.25, -0.2) is 4.79 Å². The molecule has 0 aromatic heterocycles. The molecule has 2 aromatic carbocycles. The molecule has 0 radical (unpaired) electrons. The Balaban J connectivity index is 1.54. The van der Waals surface area contributed by atoms with E-state index in [4.69, 9.17) is 9.47 Å². The van der Waals surface area contributed by atoms with Crippen LogP contribution in [-0.2, 0) is 4.74 Å². The lowest BCUT2D eigenvalue weighted by Gasteiger charge is -2.30. The number of hydrogen-bond donors (Lipinski definition) is 2. The van der Waals surface area contributed by atoms with Gasteiger partial charge in [0.2, 0.25) is 0 Å². The molecule has 6 nitrogen and oxygen atoms in total. The van der Waals surface area contributed by atoms with Crippen LogP contribution in [0.2, 0.25) is 0 Å². The number of ether oxygens (including phenoxy) is 2. The number of rotatable bonds is 5. The first-order chi connectivity index (χ1) is 11.8. The Labute approximate surface area is 141 Å². The average Bonchev–Trinajstić information content (AvgIpc) is 2.64. The van der Waals surface area contributed by atoms with Crippen LogP contribution in [0, 0.1) is 0 Å². The molecular weight excluding hydrogens is 306 g/mol. The van der Waals surface area contributed by atoms with Gasteiger partial charge in [0.15, 0.2) is 6.73 Å². The summed E-state index contributed by atoms with van der Waals surface area (Å²) in [6.07, 6.45) is 0. The van der Waals surface area contributed by atoms with E-state index in [9.17, 15) is 4.79 Å². The highest BCUT2D eigenvalue weighted by Gasteiger charge is 2.15. The van der Waals surface area contributed by atoms with Crippen LogP contribution < -0.4 is 20.3 Å². The summed E-state index contributed by atoms with van der Waals surface area (Å²) in [4.78, 5) is 14.3. The number of benzene rings is 2. The van der Waals surface area contributed by atoms with Gasteiger partial charge in [-0.1, -0.05) is 30.3 Å². The third-order valence-electron chi connectivity index (χ3n) is 3.72. The lowest BCUT2D eigenvalue weighted by atomic mass is 10.2. The Morgan fingerprint density at radius 3 is 2.54 bits per heavy atom. The molecule has 0 aliphatic carbocycles. The Morgan fingerprint density at radius 2 is 1.75 bits per heavy atom. The van der Waals surface area contributed by atoms with Crippen molar-refractivity contribution in [3.63, 3.8) is 0 Å². The Hall–Kier alpha value is -2.73. The SMILES string of the molecule is O=C(NCOc1ccccc1)Nc1ccccc1N1CCOCC1. The summed E-state index contributed by atoms with van der Waals surface area (Å²) in [5.74, 6) is 0.714. The second kappa shape index (κ2) is 8.21. The van der Waals surface area contributed by atoms with Crippen molar-refractivity contribution in [2.75, 3.05) is 43.3 Å². The number of carbonyl (C=O) groups excluding carboxylic acids is 1. The summed E-state index contributed by atoms with van der Waals surface area (Å²) in [5, 5.41) is 5.58. The van der Waals surface area contributed by atoms with Gasteiger partial charge in [0.25, 0.3) is 0 Å². The van der Waals surface area contributed by atoms with E-state index in [2.05, 4.69) is 15.5 Å². The van der Waals surface area contributed by atoms with Crippen LogP contribution in [-0.4, -0.2) is 39.1 Å². The summed E-state index contributed by atoms with van der Waals surface area (Å²) >= 11 is 0. The standard InChI is InChI=1S/C18H21N3O3/c22-18(19-14-24-15-6-2-1-3-7-15)20-16-8-4-5-9-17(16)21-10-12-23-13-11-21/h1-9H,10-14H2,(H2,19,20,22). The minimum atomic E-state index is -0.299. The van der Waals surface area contributed by atoms with Gasteiger partial charge in [-0.2, -0.15) is 0 Å². The maximum absolute atomic E-state index is 12.1. The molecule has 1 aliphatic rings. The molecule has 0 saturated carbocycles. The van der Waals surface area contributed by atoms with E-state index < -0.39 is 0 Å². The van der Waals surface area contributed by atoms with E-state index >= 15 is 0 Å². The minimum absolute atomic E-state index is 0.107. The molecular formula is C18H21N3O3. The second-order valence-electron chi connectivity index (χ2n) is 5.35. The van der Waals surface area contributed by atoms with Crippen LogP contribution >= 0.6 is 0 Å². The van der Waals surface area contributed by atoms with Crippen LogP contribution in [0.4, 0.5) is 16.2 Å². The number of nitrogens with one attached hydrogen (secondary N) is 2. The normalized spacial score (nSPS) is 14.1. The number of nitrogens with zero attached hydrogens (tertiary/aromatic N) is 1. The van der Waals surface area contributed by atoms with Crippen LogP contribution in [0.3, 0.4) is 0 Å². The van der Waals surface area contributed by atoms with Crippen molar-refractivity contribution in [2.45, 2.75) is 0 Å². The molecule has 6 heteroatoms. The summed E-state index contributed by atoms with van der Waals surface area (Å²) in [5.41, 5.74) is 1.77. The van der Waals surface area contributed by atoms with Crippen LogP contribution in [0.5, 0.6) is 5.75 Å². The van der Waals surface area contributed by atoms with Gasteiger partial charge in [0, 0.05) is 13.1 Å². The second-order valence-corrected chi connectivity index (χ2v) is 5.35. The highest BCUT2D eigenvalue weighted by Crippen LogP contribution is 2.26. The van der Waals surface area contributed by atoms with Gasteiger partial charge in [-0.15, -0.1) is 0 Å². The highest BCUT2D eigenvalue weighted by molar-refractivity contribution is 5.93. The molecule has 2 aromatic rings. The van der Waals surface area contributed by atoms with Crippen molar-refractivity contribution in [2.24, 2.45) is 0 Å². The average molecular weight is 327 g/mol. The van der Waals surface area contributed by atoms with Gasteiger partial charge in [0.05, 0.1) is 24.6 Å². The number of hydrogen-bond acceptors (Lipinski definition) is 4. The molecule has 2 N–H and O–H groups in total. The first-order valence-electron chi connectivity index (χ1n) is 7.97. The van der Waals surface area contributed by atoms with E-state index in [0.29, 0.717) is 19.0 Å². The lowest BCUT2D eigenvalue weighted by Crippen LogP contribution is -2.37. The number of carbonyl (C=O) groups is 1. The van der Waals surface area contributed by atoms with Gasteiger partial charge in [0.1, 0.15) is 5.75 Å². The number of urea groups is 1. The smallest absolute Gasteiger partial charge is 0.321 e. The van der Waals surface area contributed by atoms with Gasteiger partial charge < -0.3 is 25.0 Å². The molecule has 126 valence electrons. The molecule has 0 spiro atoms. The Morgan fingerprint density at radius 1 is 1.04 bits per heavy atom. The summed E-state index contributed by atoms with van der Waals surface area (Å²) in [7, 11) is 0. The van der Waals surface area contributed by atoms with Crippen molar-refractivity contribution >= 4 is 17.4 Å². The fourth-order valence-electron chi connectivity index (χ4n) is 2.53. The quantitative estimate of drug-likeness (QED) is 0.829. The van der Waals surface area contributed by atoms with Crippen molar-refractivity contribution in [1.82, 2.24) is 5.32 Å². The maximum Gasteiger partial charge on any atom is 0.321 e. The first-order valence-corrected chi connectivity index (χ1v) is 7.97. The van der Waals surface area contributed by atoms with E-state index in [1.165, 1.54) is 0 Å². The van der Waals surface area contributed by atoms with Crippen LogP contribution in [0.15, 0.2) is 54.6 Å². The topological polar surface area (TPSA) is 62.8 Å².